The van der Waals surface area contributed by atoms with Crippen LogP contribution >= 0.6 is 47.0 Å². The minimum Gasteiger partial charge on any atom is -0.454 e. The average molecular weight is 699 g/mol. The summed E-state index contributed by atoms with van der Waals surface area (Å²) in [7, 11) is 0. The Morgan fingerprint density at radius 1 is 0.783 bits per heavy atom. The number of hydrogen-bond donors (Lipinski definition) is 0. The van der Waals surface area contributed by atoms with E-state index >= 15 is 0 Å². The van der Waals surface area contributed by atoms with Gasteiger partial charge in [-0.3, -0.25) is 9.59 Å². The van der Waals surface area contributed by atoms with Gasteiger partial charge < -0.3 is 23.7 Å². The summed E-state index contributed by atoms with van der Waals surface area (Å²) in [6.07, 6.45) is 5.03. The van der Waals surface area contributed by atoms with E-state index < -0.39 is 17.7 Å². The maximum atomic E-state index is 14.4. The van der Waals surface area contributed by atoms with Crippen molar-refractivity contribution in [1.29, 1.82) is 0 Å². The zero-order valence-corrected chi connectivity index (χ0v) is 29.2. The summed E-state index contributed by atoms with van der Waals surface area (Å²) in [5.41, 5.74) is 2.25. The Balaban J connectivity index is 1.69. The number of Topliss-reactive ketones (excluding diaryl/α,β-unsaturated/α-hetero) is 1. The van der Waals surface area contributed by atoms with Crippen molar-refractivity contribution in [2.24, 2.45) is 0 Å². The highest BCUT2D eigenvalue weighted by Crippen LogP contribution is 2.45. The molecule has 5 rings (SSSR count). The molecule has 2 aromatic rings. The lowest BCUT2D eigenvalue weighted by molar-refractivity contribution is -0.145. The summed E-state index contributed by atoms with van der Waals surface area (Å²) in [5, 5.41) is 0. The van der Waals surface area contributed by atoms with Gasteiger partial charge in [-0.05, 0) is 70.6 Å². The SMILES string of the molecule is CCSC(SCC)=C1C(=O)C(=O)O/C1=C\C(C(C(=O)/C=C/c1ccc2c(c1)OCO2)=C(SCC)SCC)c1ccc2c(c1)OCO2. The highest BCUT2D eigenvalue weighted by atomic mass is 32.2. The van der Waals surface area contributed by atoms with Gasteiger partial charge in [-0.2, -0.15) is 0 Å². The van der Waals surface area contributed by atoms with Crippen LogP contribution in [0, 0.1) is 0 Å². The lowest BCUT2D eigenvalue weighted by Gasteiger charge is -2.21. The Morgan fingerprint density at radius 2 is 1.37 bits per heavy atom. The molecule has 0 saturated carbocycles. The van der Waals surface area contributed by atoms with Gasteiger partial charge in [0.25, 0.3) is 5.78 Å². The third-order valence-electron chi connectivity index (χ3n) is 6.86. The Hall–Kier alpha value is -3.19. The van der Waals surface area contributed by atoms with E-state index in [9.17, 15) is 14.4 Å². The third kappa shape index (κ3) is 7.67. The molecular formula is C34H34O8S4. The fraction of sp³-hybridized carbons (Fsp3) is 0.324. The van der Waals surface area contributed by atoms with E-state index in [1.54, 1.807) is 47.8 Å². The van der Waals surface area contributed by atoms with Crippen molar-refractivity contribution >= 4 is 70.7 Å². The van der Waals surface area contributed by atoms with Crippen LogP contribution in [0.1, 0.15) is 44.7 Å². The molecule has 0 N–H and O–H groups in total. The van der Waals surface area contributed by atoms with Crippen molar-refractivity contribution < 1.29 is 38.1 Å². The van der Waals surface area contributed by atoms with E-state index in [4.69, 9.17) is 23.7 Å². The number of benzene rings is 2. The van der Waals surface area contributed by atoms with Gasteiger partial charge in [0.1, 0.15) is 5.76 Å². The van der Waals surface area contributed by atoms with Crippen LogP contribution in [0.3, 0.4) is 0 Å². The number of rotatable bonds is 14. The van der Waals surface area contributed by atoms with Gasteiger partial charge in [0.2, 0.25) is 13.6 Å². The summed E-state index contributed by atoms with van der Waals surface area (Å²) in [6, 6.07) is 11.0. The number of fused-ring (bicyclic) bond motifs is 2. The molecule has 2 aromatic carbocycles. The van der Waals surface area contributed by atoms with Gasteiger partial charge in [-0.15, -0.1) is 47.0 Å². The van der Waals surface area contributed by atoms with Crippen LogP contribution in [0.15, 0.2) is 73.9 Å². The molecule has 1 fully saturated rings. The number of carbonyl (C=O) groups is 3. The number of carbonyl (C=O) groups excluding carboxylic acids is 3. The Morgan fingerprint density at radius 3 is 2.00 bits per heavy atom. The summed E-state index contributed by atoms with van der Waals surface area (Å²) >= 11 is 6.14. The van der Waals surface area contributed by atoms with Crippen LogP contribution in [0.25, 0.3) is 6.08 Å². The average Bonchev–Trinajstić information content (AvgIpc) is 3.78. The third-order valence-corrected chi connectivity index (χ3v) is 11.3. The standard InChI is InChI=1S/C34H34O8S4/c1-5-43-33(44-6-2)29(23(35)12-9-20-10-13-24-26(15-20)40-18-38-24)22(21-11-14-25-27(16-21)41-19-39-25)17-28-30(31(36)32(37)42-28)34(45-7-3)46-8-4/h9-17,22H,5-8,18-19H2,1-4H3/b12-9+,28-17-. The molecule has 0 aromatic heterocycles. The van der Waals surface area contributed by atoms with Crippen LogP contribution in [0.4, 0.5) is 0 Å². The quantitative estimate of drug-likeness (QED) is 0.109. The zero-order valence-electron chi connectivity index (χ0n) is 25.9. The van der Waals surface area contributed by atoms with E-state index in [1.165, 1.54) is 23.5 Å². The van der Waals surface area contributed by atoms with Crippen molar-refractivity contribution in [3.63, 3.8) is 0 Å². The topological polar surface area (TPSA) is 97.4 Å². The molecule has 0 amide bonds. The lowest BCUT2D eigenvalue weighted by Crippen LogP contribution is -2.12. The van der Waals surface area contributed by atoms with Crippen molar-refractivity contribution in [1.82, 2.24) is 0 Å². The first-order chi connectivity index (χ1) is 22.4. The molecule has 3 aliphatic heterocycles. The molecule has 0 aliphatic carbocycles. The van der Waals surface area contributed by atoms with Crippen molar-refractivity contribution in [2.45, 2.75) is 33.6 Å². The highest BCUT2D eigenvalue weighted by Gasteiger charge is 2.39. The minimum absolute atomic E-state index is 0.0951. The van der Waals surface area contributed by atoms with E-state index in [0.717, 1.165) is 31.1 Å². The predicted octanol–water partition coefficient (Wildman–Crippen LogP) is 7.96. The smallest absolute Gasteiger partial charge is 0.385 e. The molecule has 1 atom stereocenters. The first-order valence-corrected chi connectivity index (χ1v) is 18.8. The van der Waals surface area contributed by atoms with E-state index in [-0.39, 0.29) is 30.7 Å². The Labute approximate surface area is 285 Å². The Bertz CT molecular complexity index is 1630. The monoisotopic (exact) mass is 698 g/mol. The second-order valence-electron chi connectivity index (χ2n) is 9.75. The predicted molar refractivity (Wildman–Crippen MR) is 188 cm³/mol. The number of ketones is 2. The van der Waals surface area contributed by atoms with Crippen molar-refractivity contribution in [3.05, 3.63) is 85.1 Å². The molecule has 12 heteroatoms. The molecule has 1 unspecified atom stereocenters. The minimum atomic E-state index is -0.928. The summed E-state index contributed by atoms with van der Waals surface area (Å²) in [4.78, 5) is 40.4. The van der Waals surface area contributed by atoms with Crippen LogP contribution in [0.5, 0.6) is 23.0 Å². The number of allylic oxidation sites excluding steroid dienone is 4. The number of cyclic esters (lactones) is 1. The summed E-state index contributed by atoms with van der Waals surface area (Å²) in [6.45, 7) is 8.31. The number of ether oxygens (including phenoxy) is 5. The largest absolute Gasteiger partial charge is 0.454 e. The second kappa shape index (κ2) is 16.1. The molecule has 46 heavy (non-hydrogen) atoms. The van der Waals surface area contributed by atoms with Crippen LogP contribution in [-0.4, -0.2) is 54.1 Å². The zero-order chi connectivity index (χ0) is 32.6. The molecule has 3 heterocycles. The van der Waals surface area contributed by atoms with Crippen LogP contribution in [0.2, 0.25) is 0 Å². The first-order valence-electron chi connectivity index (χ1n) is 14.9. The molecule has 242 valence electrons. The molecule has 0 spiro atoms. The van der Waals surface area contributed by atoms with E-state index in [1.807, 2.05) is 58.0 Å². The van der Waals surface area contributed by atoms with Crippen molar-refractivity contribution in [3.8, 4) is 23.0 Å². The van der Waals surface area contributed by atoms with Gasteiger partial charge in [0, 0.05) is 15.7 Å². The highest BCUT2D eigenvalue weighted by molar-refractivity contribution is 8.22. The number of thioether (sulfide) groups is 4. The van der Waals surface area contributed by atoms with Crippen LogP contribution in [-0.2, 0) is 19.1 Å². The number of hydrogen-bond acceptors (Lipinski definition) is 12. The van der Waals surface area contributed by atoms with E-state index in [2.05, 4.69) is 0 Å². The normalized spacial score (nSPS) is 16.3. The maximum absolute atomic E-state index is 14.4. The molecule has 0 radical (unpaired) electrons. The summed E-state index contributed by atoms with van der Waals surface area (Å²) < 4.78 is 29.4. The summed E-state index contributed by atoms with van der Waals surface area (Å²) in [5.74, 6) is 2.96. The first kappa shape index (κ1) is 34.2. The fourth-order valence-corrected chi connectivity index (χ4v) is 9.46. The van der Waals surface area contributed by atoms with E-state index in [0.29, 0.717) is 40.1 Å². The Kier molecular flexibility index (Phi) is 11.9. The number of esters is 1. The maximum Gasteiger partial charge on any atom is 0.385 e. The molecule has 0 bridgehead atoms. The fourth-order valence-electron chi connectivity index (χ4n) is 4.89. The van der Waals surface area contributed by atoms with Crippen LogP contribution < -0.4 is 18.9 Å². The molecular weight excluding hydrogens is 665 g/mol. The van der Waals surface area contributed by atoms with Crippen molar-refractivity contribution in [2.75, 3.05) is 36.6 Å². The second-order valence-corrected chi connectivity index (χ2v) is 15.4. The van der Waals surface area contributed by atoms with Gasteiger partial charge in [0.05, 0.1) is 9.81 Å². The van der Waals surface area contributed by atoms with Gasteiger partial charge in [0.15, 0.2) is 28.8 Å². The lowest BCUT2D eigenvalue weighted by atomic mass is 9.87. The van der Waals surface area contributed by atoms with Gasteiger partial charge >= 0.3 is 5.97 Å². The molecule has 3 aliphatic rings. The van der Waals surface area contributed by atoms with Gasteiger partial charge in [-0.25, -0.2) is 4.79 Å². The molecule has 1 saturated heterocycles. The molecule has 8 nitrogen and oxygen atoms in total. The van der Waals surface area contributed by atoms with Gasteiger partial charge in [-0.1, -0.05) is 45.9 Å².